The van der Waals surface area contributed by atoms with Crippen molar-refractivity contribution in [1.29, 1.82) is 0 Å². The van der Waals surface area contributed by atoms with E-state index in [1.54, 1.807) is 25.2 Å². The molecular formula is C14H19NO4. The van der Waals surface area contributed by atoms with Crippen molar-refractivity contribution in [2.75, 3.05) is 25.2 Å². The Morgan fingerprint density at radius 1 is 1.32 bits per heavy atom. The first-order chi connectivity index (χ1) is 9.07. The zero-order valence-corrected chi connectivity index (χ0v) is 11.3. The molecule has 19 heavy (non-hydrogen) atoms. The predicted molar refractivity (Wildman–Crippen MR) is 72.5 cm³/mol. The molecule has 0 aliphatic rings. The van der Waals surface area contributed by atoms with Gasteiger partial charge in [0.2, 0.25) is 5.91 Å². The number of nitrogens with zero attached hydrogens (tertiary/aromatic N) is 1. The van der Waals surface area contributed by atoms with E-state index in [4.69, 9.17) is 9.84 Å². The van der Waals surface area contributed by atoms with Gasteiger partial charge >= 0.3 is 5.97 Å². The molecule has 1 aromatic carbocycles. The van der Waals surface area contributed by atoms with E-state index in [1.165, 1.54) is 11.0 Å². The highest BCUT2D eigenvalue weighted by Crippen LogP contribution is 2.20. The third-order valence-electron chi connectivity index (χ3n) is 2.75. The zero-order valence-electron chi connectivity index (χ0n) is 11.3. The number of carbonyl (C=O) groups is 2. The smallest absolute Gasteiger partial charge is 0.337 e. The van der Waals surface area contributed by atoms with Crippen molar-refractivity contribution in [3.63, 3.8) is 0 Å². The molecule has 0 heterocycles. The molecule has 1 N–H and O–H groups in total. The van der Waals surface area contributed by atoms with Crippen molar-refractivity contribution in [2.45, 2.75) is 19.8 Å². The van der Waals surface area contributed by atoms with Crippen LogP contribution in [0.2, 0.25) is 0 Å². The summed E-state index contributed by atoms with van der Waals surface area (Å²) in [5, 5.41) is 9.08. The lowest BCUT2D eigenvalue weighted by Crippen LogP contribution is -2.27. The van der Waals surface area contributed by atoms with E-state index in [2.05, 4.69) is 0 Å². The van der Waals surface area contributed by atoms with Gasteiger partial charge in [0, 0.05) is 26.7 Å². The van der Waals surface area contributed by atoms with Gasteiger partial charge < -0.3 is 14.7 Å². The fourth-order valence-electron chi connectivity index (χ4n) is 1.72. The molecule has 1 amide bonds. The Bertz CT molecular complexity index is 445. The summed E-state index contributed by atoms with van der Waals surface area (Å²) in [6.45, 7) is 3.07. The Morgan fingerprint density at radius 3 is 2.63 bits per heavy atom. The zero-order chi connectivity index (χ0) is 14.3. The highest BCUT2D eigenvalue weighted by Gasteiger charge is 2.17. The third kappa shape index (κ3) is 4.37. The molecule has 0 atom stereocenters. The fraction of sp³-hybridized carbons (Fsp3) is 0.429. The summed E-state index contributed by atoms with van der Waals surface area (Å²) in [7, 11) is 1.59. The number of benzene rings is 1. The summed E-state index contributed by atoms with van der Waals surface area (Å²) in [5.74, 6) is -1.15. The van der Waals surface area contributed by atoms with E-state index < -0.39 is 5.97 Å². The average molecular weight is 265 g/mol. The maximum absolute atomic E-state index is 12.0. The summed E-state index contributed by atoms with van der Waals surface area (Å²) >= 11 is 0. The number of hydrogen-bond donors (Lipinski definition) is 1. The summed E-state index contributed by atoms with van der Waals surface area (Å²) < 4.78 is 5.17. The van der Waals surface area contributed by atoms with Crippen molar-refractivity contribution in [1.82, 2.24) is 0 Å². The molecule has 0 aliphatic carbocycles. The molecule has 0 spiro atoms. The van der Waals surface area contributed by atoms with Crippen LogP contribution >= 0.6 is 0 Å². The first kappa shape index (κ1) is 15.2. The van der Waals surface area contributed by atoms with E-state index in [0.717, 1.165) is 0 Å². The van der Waals surface area contributed by atoms with Gasteiger partial charge in [-0.05, 0) is 25.5 Å². The number of carbonyl (C=O) groups excluding carboxylic acids is 1. The van der Waals surface area contributed by atoms with Crippen molar-refractivity contribution >= 4 is 17.6 Å². The van der Waals surface area contributed by atoms with Crippen LogP contribution in [0.25, 0.3) is 0 Å². The van der Waals surface area contributed by atoms with Crippen molar-refractivity contribution in [2.24, 2.45) is 0 Å². The average Bonchev–Trinajstić information content (AvgIpc) is 2.42. The maximum Gasteiger partial charge on any atom is 0.337 e. The molecule has 0 radical (unpaired) electrons. The number of anilines is 1. The molecule has 0 saturated carbocycles. The molecule has 0 fully saturated rings. The fourth-order valence-corrected chi connectivity index (χ4v) is 1.72. The Balaban J connectivity index is 2.69. The number of carboxylic acids is 1. The van der Waals surface area contributed by atoms with Gasteiger partial charge in [0.1, 0.15) is 0 Å². The van der Waals surface area contributed by atoms with Gasteiger partial charge in [-0.15, -0.1) is 0 Å². The van der Waals surface area contributed by atoms with Crippen LogP contribution < -0.4 is 4.90 Å². The van der Waals surface area contributed by atoms with Gasteiger partial charge in [-0.3, -0.25) is 4.79 Å². The Labute approximate surface area is 112 Å². The molecule has 0 saturated heterocycles. The van der Waals surface area contributed by atoms with E-state index in [1.807, 2.05) is 6.92 Å². The van der Waals surface area contributed by atoms with Gasteiger partial charge in [-0.1, -0.05) is 12.1 Å². The number of para-hydroxylation sites is 1. The van der Waals surface area contributed by atoms with Crippen LogP contribution in [-0.2, 0) is 9.53 Å². The minimum atomic E-state index is -1.04. The second kappa shape index (κ2) is 7.53. The largest absolute Gasteiger partial charge is 0.478 e. The highest BCUT2D eigenvalue weighted by atomic mass is 16.5. The molecule has 1 rings (SSSR count). The third-order valence-corrected chi connectivity index (χ3v) is 2.75. The number of carboxylic acid groups (broad SMARTS) is 1. The first-order valence-corrected chi connectivity index (χ1v) is 6.24. The van der Waals surface area contributed by atoms with Crippen LogP contribution in [0.1, 0.15) is 30.1 Å². The molecule has 5 nitrogen and oxygen atoms in total. The molecule has 0 aromatic heterocycles. The number of ether oxygens (including phenoxy) is 1. The normalized spacial score (nSPS) is 10.2. The summed E-state index contributed by atoms with van der Waals surface area (Å²) in [6, 6.07) is 6.47. The van der Waals surface area contributed by atoms with E-state index in [-0.39, 0.29) is 11.5 Å². The van der Waals surface area contributed by atoms with E-state index >= 15 is 0 Å². The Morgan fingerprint density at radius 2 is 2.00 bits per heavy atom. The Kier molecular flexibility index (Phi) is 6.02. The minimum Gasteiger partial charge on any atom is -0.478 e. The lowest BCUT2D eigenvalue weighted by atomic mass is 10.1. The van der Waals surface area contributed by atoms with Crippen molar-refractivity contribution in [3.05, 3.63) is 29.8 Å². The summed E-state index contributed by atoms with van der Waals surface area (Å²) in [5.41, 5.74) is 0.541. The molecule has 1 aromatic rings. The molecule has 5 heteroatoms. The second-order valence-electron chi connectivity index (χ2n) is 4.08. The van der Waals surface area contributed by atoms with Gasteiger partial charge in [0.25, 0.3) is 0 Å². The summed E-state index contributed by atoms with van der Waals surface area (Å²) in [6.07, 6.45) is 0.969. The van der Waals surface area contributed by atoms with Crippen LogP contribution in [0.5, 0.6) is 0 Å². The highest BCUT2D eigenvalue weighted by molar-refractivity contribution is 6.01. The quantitative estimate of drug-likeness (QED) is 0.767. The van der Waals surface area contributed by atoms with Crippen LogP contribution in [-0.4, -0.2) is 37.2 Å². The number of hydrogen-bond acceptors (Lipinski definition) is 3. The molecule has 104 valence electrons. The number of aromatic carboxylic acids is 1. The van der Waals surface area contributed by atoms with E-state index in [0.29, 0.717) is 31.7 Å². The van der Waals surface area contributed by atoms with Crippen LogP contribution in [0.3, 0.4) is 0 Å². The van der Waals surface area contributed by atoms with Gasteiger partial charge in [-0.25, -0.2) is 4.79 Å². The van der Waals surface area contributed by atoms with Gasteiger partial charge in [0.05, 0.1) is 11.3 Å². The minimum absolute atomic E-state index is 0.117. The number of rotatable bonds is 7. The summed E-state index contributed by atoms with van der Waals surface area (Å²) in [4.78, 5) is 24.4. The van der Waals surface area contributed by atoms with Crippen LogP contribution in [0.15, 0.2) is 24.3 Å². The topological polar surface area (TPSA) is 66.8 Å². The predicted octanol–water partition coefficient (Wildman–Crippen LogP) is 2.16. The maximum atomic E-state index is 12.0. The van der Waals surface area contributed by atoms with Crippen molar-refractivity contribution < 1.29 is 19.4 Å². The lowest BCUT2D eigenvalue weighted by Gasteiger charge is -2.19. The Hall–Kier alpha value is -1.88. The van der Waals surface area contributed by atoms with Crippen LogP contribution in [0, 0.1) is 0 Å². The van der Waals surface area contributed by atoms with E-state index in [9.17, 15) is 9.59 Å². The monoisotopic (exact) mass is 265 g/mol. The number of amides is 1. The lowest BCUT2D eigenvalue weighted by molar-refractivity contribution is -0.118. The van der Waals surface area contributed by atoms with Gasteiger partial charge in [-0.2, -0.15) is 0 Å². The van der Waals surface area contributed by atoms with Crippen LogP contribution in [0.4, 0.5) is 5.69 Å². The first-order valence-electron chi connectivity index (χ1n) is 6.24. The second-order valence-corrected chi connectivity index (χ2v) is 4.08. The standard InChI is InChI=1S/C14H19NO4/c1-3-19-10-6-9-13(16)15(2)12-8-5-4-7-11(12)14(17)18/h4-5,7-8H,3,6,9-10H2,1-2H3,(H,17,18). The SMILES string of the molecule is CCOCCCC(=O)N(C)c1ccccc1C(=O)O. The molecule has 0 aliphatic heterocycles. The molecule has 0 bridgehead atoms. The van der Waals surface area contributed by atoms with Crippen molar-refractivity contribution in [3.8, 4) is 0 Å². The van der Waals surface area contributed by atoms with Gasteiger partial charge in [0.15, 0.2) is 0 Å². The molecule has 0 unspecified atom stereocenters. The molecular weight excluding hydrogens is 246 g/mol.